The lowest BCUT2D eigenvalue weighted by molar-refractivity contribution is -0.0203. The van der Waals surface area contributed by atoms with E-state index >= 15 is 0 Å². The molecule has 23 heavy (non-hydrogen) atoms. The minimum absolute atomic E-state index is 0.127. The van der Waals surface area contributed by atoms with Crippen LogP contribution in [0.2, 0.25) is 0 Å². The number of rotatable bonds is 3. The normalized spacial score (nSPS) is 32.4. The predicted molar refractivity (Wildman–Crippen MR) is 91.7 cm³/mol. The topological polar surface area (TPSA) is 47.3 Å². The van der Waals surface area contributed by atoms with Crippen molar-refractivity contribution in [1.29, 1.82) is 5.26 Å². The molecule has 1 aromatic carbocycles. The van der Waals surface area contributed by atoms with Gasteiger partial charge in [0.1, 0.15) is 0 Å². The molecule has 3 rings (SSSR count). The van der Waals surface area contributed by atoms with Crippen LogP contribution in [0.3, 0.4) is 0 Å². The van der Waals surface area contributed by atoms with E-state index in [-0.39, 0.29) is 6.10 Å². The van der Waals surface area contributed by atoms with Crippen LogP contribution in [-0.4, -0.2) is 28.7 Å². The van der Waals surface area contributed by atoms with Gasteiger partial charge in [-0.05, 0) is 62.3 Å². The van der Waals surface area contributed by atoms with E-state index in [1.165, 1.54) is 31.2 Å². The van der Waals surface area contributed by atoms with E-state index in [9.17, 15) is 5.11 Å². The van der Waals surface area contributed by atoms with Gasteiger partial charge in [0, 0.05) is 18.5 Å². The number of hydrogen-bond acceptors (Lipinski definition) is 3. The summed E-state index contributed by atoms with van der Waals surface area (Å²) in [6.07, 6.45) is 6.92. The van der Waals surface area contributed by atoms with E-state index in [2.05, 4.69) is 30.0 Å². The van der Waals surface area contributed by atoms with Crippen molar-refractivity contribution in [1.82, 2.24) is 4.90 Å². The van der Waals surface area contributed by atoms with Crippen LogP contribution in [0, 0.1) is 23.2 Å². The molecule has 1 aliphatic carbocycles. The Kier molecular flexibility index (Phi) is 5.35. The minimum Gasteiger partial charge on any atom is -0.393 e. The molecule has 1 aliphatic heterocycles. The number of aliphatic hydroxyl groups is 1. The van der Waals surface area contributed by atoms with E-state index in [1.807, 2.05) is 12.1 Å². The minimum atomic E-state index is -0.127. The van der Waals surface area contributed by atoms with Gasteiger partial charge < -0.3 is 5.11 Å². The van der Waals surface area contributed by atoms with Crippen molar-refractivity contribution in [3.8, 4) is 6.07 Å². The molecule has 124 valence electrons. The lowest BCUT2D eigenvalue weighted by atomic mass is 9.74. The monoisotopic (exact) mass is 312 g/mol. The zero-order chi connectivity index (χ0) is 16.2. The highest BCUT2D eigenvalue weighted by atomic mass is 16.3. The molecule has 2 fully saturated rings. The van der Waals surface area contributed by atoms with Crippen molar-refractivity contribution in [2.45, 2.75) is 64.1 Å². The molecule has 0 unspecified atom stereocenters. The van der Waals surface area contributed by atoms with Gasteiger partial charge in [0.25, 0.3) is 0 Å². The molecule has 1 heterocycles. The van der Waals surface area contributed by atoms with Crippen molar-refractivity contribution < 1.29 is 5.11 Å². The quantitative estimate of drug-likeness (QED) is 0.925. The first-order valence-corrected chi connectivity index (χ1v) is 9.08. The second-order valence-corrected chi connectivity index (χ2v) is 7.49. The summed E-state index contributed by atoms with van der Waals surface area (Å²) in [7, 11) is 0. The SMILES string of the molecule is C[C@@H]1CC[C@H](O)[C@@H]([C@H]2CCCCN2Cc2ccc(C#N)cc2)C1. The largest absolute Gasteiger partial charge is 0.393 e. The first kappa shape index (κ1) is 16.5. The third-order valence-electron chi connectivity index (χ3n) is 5.75. The van der Waals surface area contributed by atoms with Crippen molar-refractivity contribution in [2.24, 2.45) is 11.8 Å². The van der Waals surface area contributed by atoms with Gasteiger partial charge in [0.05, 0.1) is 17.7 Å². The third-order valence-corrected chi connectivity index (χ3v) is 5.75. The average molecular weight is 312 g/mol. The molecule has 0 spiro atoms. The van der Waals surface area contributed by atoms with Crippen molar-refractivity contribution in [2.75, 3.05) is 6.54 Å². The van der Waals surface area contributed by atoms with Gasteiger partial charge in [-0.3, -0.25) is 4.90 Å². The number of nitrogens with zero attached hydrogens (tertiary/aromatic N) is 2. The van der Waals surface area contributed by atoms with E-state index < -0.39 is 0 Å². The van der Waals surface area contributed by atoms with Gasteiger partial charge >= 0.3 is 0 Å². The molecular weight excluding hydrogens is 284 g/mol. The van der Waals surface area contributed by atoms with Gasteiger partial charge in [-0.25, -0.2) is 0 Å². The third kappa shape index (κ3) is 3.94. The second-order valence-electron chi connectivity index (χ2n) is 7.49. The smallest absolute Gasteiger partial charge is 0.0991 e. The lowest BCUT2D eigenvalue weighted by Gasteiger charge is -2.45. The zero-order valence-corrected chi connectivity index (χ0v) is 14.1. The standard InChI is InChI=1S/C20H28N2O/c1-15-5-10-20(23)18(12-15)19-4-2-3-11-22(19)14-17-8-6-16(13-21)7-9-17/h6-9,15,18-20,23H,2-5,10-12,14H2,1H3/t15-,18-,19-,20+/m1/s1. The lowest BCUT2D eigenvalue weighted by Crippen LogP contribution is -2.49. The number of piperidine rings is 1. The summed E-state index contributed by atoms with van der Waals surface area (Å²) in [6, 6.07) is 10.7. The molecule has 3 heteroatoms. The van der Waals surface area contributed by atoms with E-state index in [4.69, 9.17) is 5.26 Å². The number of likely N-dealkylation sites (tertiary alicyclic amines) is 1. The Balaban J connectivity index is 1.71. The van der Waals surface area contributed by atoms with Crippen LogP contribution in [0.4, 0.5) is 0 Å². The highest BCUT2D eigenvalue weighted by molar-refractivity contribution is 5.31. The summed E-state index contributed by atoms with van der Waals surface area (Å²) in [6.45, 7) is 4.39. The first-order valence-electron chi connectivity index (χ1n) is 9.08. The van der Waals surface area contributed by atoms with Gasteiger partial charge in [-0.1, -0.05) is 25.5 Å². The van der Waals surface area contributed by atoms with Gasteiger partial charge in [-0.15, -0.1) is 0 Å². The van der Waals surface area contributed by atoms with Crippen LogP contribution in [0.5, 0.6) is 0 Å². The highest BCUT2D eigenvalue weighted by Crippen LogP contribution is 2.37. The number of hydrogen-bond donors (Lipinski definition) is 1. The molecule has 0 aromatic heterocycles. The van der Waals surface area contributed by atoms with Crippen LogP contribution in [0.1, 0.15) is 56.6 Å². The maximum atomic E-state index is 10.5. The number of nitriles is 1. The molecule has 0 amide bonds. The Labute approximate surface area is 139 Å². The maximum absolute atomic E-state index is 10.5. The van der Waals surface area contributed by atoms with Crippen LogP contribution in [-0.2, 0) is 6.54 Å². The molecule has 1 aromatic rings. The fourth-order valence-electron chi connectivity index (χ4n) is 4.44. The summed E-state index contributed by atoms with van der Waals surface area (Å²) >= 11 is 0. The molecule has 0 bridgehead atoms. The van der Waals surface area contributed by atoms with Crippen LogP contribution >= 0.6 is 0 Å². The summed E-state index contributed by atoms with van der Waals surface area (Å²) in [5, 5.41) is 19.5. The first-order chi connectivity index (χ1) is 11.2. The van der Waals surface area contributed by atoms with E-state index in [1.54, 1.807) is 0 Å². The fourth-order valence-corrected chi connectivity index (χ4v) is 4.44. The predicted octanol–water partition coefficient (Wildman–Crippen LogP) is 3.71. The number of benzene rings is 1. The second kappa shape index (κ2) is 7.47. The molecule has 1 saturated heterocycles. The zero-order valence-electron chi connectivity index (χ0n) is 14.1. The maximum Gasteiger partial charge on any atom is 0.0991 e. The summed E-state index contributed by atoms with van der Waals surface area (Å²) in [5.74, 6) is 1.17. The summed E-state index contributed by atoms with van der Waals surface area (Å²) in [5.41, 5.74) is 2.00. The highest BCUT2D eigenvalue weighted by Gasteiger charge is 2.37. The van der Waals surface area contributed by atoms with E-state index in [0.29, 0.717) is 12.0 Å². The van der Waals surface area contributed by atoms with Crippen LogP contribution in [0.15, 0.2) is 24.3 Å². The molecule has 1 N–H and O–H groups in total. The Bertz CT molecular complexity index is 548. The van der Waals surface area contributed by atoms with Crippen molar-refractivity contribution in [3.05, 3.63) is 35.4 Å². The van der Waals surface area contributed by atoms with Crippen LogP contribution in [0.25, 0.3) is 0 Å². The van der Waals surface area contributed by atoms with Gasteiger partial charge in [0.15, 0.2) is 0 Å². The van der Waals surface area contributed by atoms with Gasteiger partial charge in [-0.2, -0.15) is 5.26 Å². The Morgan fingerprint density at radius 2 is 1.96 bits per heavy atom. The van der Waals surface area contributed by atoms with Crippen molar-refractivity contribution in [3.63, 3.8) is 0 Å². The Hall–Kier alpha value is -1.37. The number of aliphatic hydroxyl groups excluding tert-OH is 1. The average Bonchev–Trinajstić information content (AvgIpc) is 2.58. The molecule has 1 saturated carbocycles. The Morgan fingerprint density at radius 1 is 1.17 bits per heavy atom. The Morgan fingerprint density at radius 3 is 2.70 bits per heavy atom. The molecule has 0 radical (unpaired) electrons. The summed E-state index contributed by atoms with van der Waals surface area (Å²) < 4.78 is 0. The van der Waals surface area contributed by atoms with Crippen molar-refractivity contribution >= 4 is 0 Å². The summed E-state index contributed by atoms with van der Waals surface area (Å²) in [4.78, 5) is 2.58. The van der Waals surface area contributed by atoms with Crippen LogP contribution < -0.4 is 0 Å². The molecular formula is C20H28N2O. The molecule has 2 aliphatic rings. The molecule has 3 nitrogen and oxygen atoms in total. The van der Waals surface area contributed by atoms with E-state index in [0.717, 1.165) is 37.4 Å². The fraction of sp³-hybridized carbons (Fsp3) is 0.650. The van der Waals surface area contributed by atoms with Gasteiger partial charge in [0.2, 0.25) is 0 Å². The molecule has 4 atom stereocenters.